The number of hydrogen-bond acceptors (Lipinski definition) is 4. The molecule has 0 aliphatic heterocycles. The van der Waals surface area contributed by atoms with Crippen LogP contribution in [0.5, 0.6) is 0 Å². The fourth-order valence-electron chi connectivity index (χ4n) is 2.12. The van der Waals surface area contributed by atoms with E-state index in [2.05, 4.69) is 15.3 Å². The van der Waals surface area contributed by atoms with Gasteiger partial charge in [0.2, 0.25) is 0 Å². The zero-order valence-corrected chi connectivity index (χ0v) is 11.9. The number of nitrogens with zero attached hydrogens (tertiary/aromatic N) is 2. The maximum atomic E-state index is 12.3. The Morgan fingerprint density at radius 1 is 1.29 bits per heavy atom. The van der Waals surface area contributed by atoms with Crippen molar-refractivity contribution in [2.45, 2.75) is 26.3 Å². The van der Waals surface area contributed by atoms with E-state index in [9.17, 15) is 14.7 Å². The van der Waals surface area contributed by atoms with E-state index in [1.54, 1.807) is 24.5 Å². The minimum Gasteiger partial charge on any atom is -0.480 e. The summed E-state index contributed by atoms with van der Waals surface area (Å²) in [7, 11) is 0. The van der Waals surface area contributed by atoms with Gasteiger partial charge in [-0.1, -0.05) is 13.8 Å². The molecule has 21 heavy (non-hydrogen) atoms. The molecule has 110 valence electrons. The Kier molecular flexibility index (Phi) is 4.47. The molecule has 0 aliphatic carbocycles. The maximum Gasteiger partial charge on any atom is 0.326 e. The molecular formula is C15H17N3O3. The lowest BCUT2D eigenvalue weighted by Gasteiger charge is -2.16. The van der Waals surface area contributed by atoms with Gasteiger partial charge in [0.15, 0.2) is 0 Å². The van der Waals surface area contributed by atoms with Crippen LogP contribution in [0.4, 0.5) is 0 Å². The fraction of sp³-hybridized carbons (Fsp3) is 0.333. The number of fused-ring (bicyclic) bond motifs is 1. The molecule has 2 heterocycles. The summed E-state index contributed by atoms with van der Waals surface area (Å²) >= 11 is 0. The second-order valence-corrected chi connectivity index (χ2v) is 5.25. The number of rotatable bonds is 5. The van der Waals surface area contributed by atoms with Gasteiger partial charge in [0.05, 0.1) is 11.1 Å². The lowest BCUT2D eigenvalue weighted by atomic mass is 10.0. The number of amides is 1. The van der Waals surface area contributed by atoms with Crippen LogP contribution in [0.3, 0.4) is 0 Å². The topological polar surface area (TPSA) is 92.2 Å². The molecule has 0 unspecified atom stereocenters. The quantitative estimate of drug-likeness (QED) is 0.875. The first kappa shape index (κ1) is 14.9. The SMILES string of the molecule is CC(C)C[C@@H](NC(=O)c1ccnc2ccncc12)C(=O)O. The molecule has 2 aromatic rings. The molecule has 0 saturated carbocycles. The highest BCUT2D eigenvalue weighted by Gasteiger charge is 2.22. The Hall–Kier alpha value is -2.50. The molecule has 6 heteroatoms. The molecule has 0 radical (unpaired) electrons. The summed E-state index contributed by atoms with van der Waals surface area (Å²) < 4.78 is 0. The standard InChI is InChI=1S/C15H17N3O3/c1-9(2)7-13(15(20)21)18-14(19)10-3-6-17-12-4-5-16-8-11(10)12/h3-6,8-9,13H,7H2,1-2H3,(H,18,19)(H,20,21)/t13-/m1/s1. The van der Waals surface area contributed by atoms with Crippen LogP contribution in [-0.2, 0) is 4.79 Å². The van der Waals surface area contributed by atoms with Crippen LogP contribution in [0.15, 0.2) is 30.7 Å². The molecule has 0 bridgehead atoms. The van der Waals surface area contributed by atoms with Gasteiger partial charge in [-0.15, -0.1) is 0 Å². The van der Waals surface area contributed by atoms with E-state index in [0.29, 0.717) is 22.9 Å². The summed E-state index contributed by atoms with van der Waals surface area (Å²) in [6.45, 7) is 3.82. The van der Waals surface area contributed by atoms with Gasteiger partial charge in [-0.2, -0.15) is 0 Å². The summed E-state index contributed by atoms with van der Waals surface area (Å²) in [5, 5.41) is 12.4. The van der Waals surface area contributed by atoms with Gasteiger partial charge in [0.1, 0.15) is 6.04 Å². The van der Waals surface area contributed by atoms with Crippen LogP contribution < -0.4 is 5.32 Å². The van der Waals surface area contributed by atoms with Crippen molar-refractivity contribution < 1.29 is 14.7 Å². The third kappa shape index (κ3) is 3.53. The molecule has 0 aromatic carbocycles. The van der Waals surface area contributed by atoms with Gasteiger partial charge in [0.25, 0.3) is 5.91 Å². The molecule has 0 spiro atoms. The molecule has 2 N–H and O–H groups in total. The van der Waals surface area contributed by atoms with E-state index in [0.717, 1.165) is 0 Å². The summed E-state index contributed by atoms with van der Waals surface area (Å²) in [4.78, 5) is 31.7. The Bertz CT molecular complexity index is 665. The van der Waals surface area contributed by atoms with Crippen LogP contribution in [0.25, 0.3) is 10.9 Å². The zero-order valence-electron chi connectivity index (χ0n) is 11.9. The van der Waals surface area contributed by atoms with Crippen molar-refractivity contribution in [3.05, 3.63) is 36.3 Å². The fourth-order valence-corrected chi connectivity index (χ4v) is 2.12. The highest BCUT2D eigenvalue weighted by atomic mass is 16.4. The van der Waals surface area contributed by atoms with Crippen LogP contribution in [-0.4, -0.2) is 33.0 Å². The number of carboxylic acid groups (broad SMARTS) is 1. The molecule has 1 atom stereocenters. The third-order valence-electron chi connectivity index (χ3n) is 3.10. The first-order chi connectivity index (χ1) is 9.99. The summed E-state index contributed by atoms with van der Waals surface area (Å²) in [5.41, 5.74) is 1.02. The number of nitrogens with one attached hydrogen (secondary N) is 1. The van der Waals surface area contributed by atoms with E-state index in [1.165, 1.54) is 6.20 Å². The smallest absolute Gasteiger partial charge is 0.326 e. The Morgan fingerprint density at radius 3 is 2.71 bits per heavy atom. The van der Waals surface area contributed by atoms with Gasteiger partial charge in [0, 0.05) is 24.0 Å². The van der Waals surface area contributed by atoms with Gasteiger partial charge in [-0.3, -0.25) is 14.8 Å². The number of hydrogen-bond donors (Lipinski definition) is 2. The minimum absolute atomic E-state index is 0.169. The molecule has 2 aromatic heterocycles. The second kappa shape index (κ2) is 6.30. The van der Waals surface area contributed by atoms with Crippen molar-refractivity contribution in [2.24, 2.45) is 5.92 Å². The number of carboxylic acids is 1. The van der Waals surface area contributed by atoms with Crippen molar-refractivity contribution >= 4 is 22.8 Å². The van der Waals surface area contributed by atoms with E-state index in [1.807, 2.05) is 13.8 Å². The summed E-state index contributed by atoms with van der Waals surface area (Å²) in [5.74, 6) is -1.29. The lowest BCUT2D eigenvalue weighted by Crippen LogP contribution is -2.41. The van der Waals surface area contributed by atoms with Crippen molar-refractivity contribution in [2.75, 3.05) is 0 Å². The Balaban J connectivity index is 2.27. The molecule has 0 fully saturated rings. The van der Waals surface area contributed by atoms with E-state index in [4.69, 9.17) is 0 Å². The van der Waals surface area contributed by atoms with Crippen molar-refractivity contribution in [1.29, 1.82) is 0 Å². The maximum absolute atomic E-state index is 12.3. The van der Waals surface area contributed by atoms with Gasteiger partial charge < -0.3 is 10.4 Å². The lowest BCUT2D eigenvalue weighted by molar-refractivity contribution is -0.139. The molecule has 1 amide bonds. The number of carbonyl (C=O) groups is 2. The highest BCUT2D eigenvalue weighted by molar-refractivity contribution is 6.06. The number of aromatic nitrogens is 2. The molecular weight excluding hydrogens is 270 g/mol. The highest BCUT2D eigenvalue weighted by Crippen LogP contribution is 2.15. The first-order valence-electron chi connectivity index (χ1n) is 6.71. The van der Waals surface area contributed by atoms with E-state index < -0.39 is 17.9 Å². The van der Waals surface area contributed by atoms with Crippen molar-refractivity contribution in [1.82, 2.24) is 15.3 Å². The predicted octanol–water partition coefficient (Wildman–Crippen LogP) is 1.86. The van der Waals surface area contributed by atoms with Gasteiger partial charge in [-0.05, 0) is 24.5 Å². The van der Waals surface area contributed by atoms with Crippen molar-refractivity contribution in [3.63, 3.8) is 0 Å². The van der Waals surface area contributed by atoms with Crippen LogP contribution >= 0.6 is 0 Å². The normalized spacial score (nSPS) is 12.3. The van der Waals surface area contributed by atoms with Gasteiger partial charge in [-0.25, -0.2) is 4.79 Å². The van der Waals surface area contributed by atoms with Crippen LogP contribution in [0.1, 0.15) is 30.6 Å². The second-order valence-electron chi connectivity index (χ2n) is 5.25. The van der Waals surface area contributed by atoms with Crippen LogP contribution in [0, 0.1) is 5.92 Å². The summed E-state index contributed by atoms with van der Waals surface area (Å²) in [6, 6.07) is 2.36. The third-order valence-corrected chi connectivity index (χ3v) is 3.10. The Morgan fingerprint density at radius 2 is 2.05 bits per heavy atom. The molecule has 2 rings (SSSR count). The van der Waals surface area contributed by atoms with Gasteiger partial charge >= 0.3 is 5.97 Å². The zero-order chi connectivity index (χ0) is 15.4. The van der Waals surface area contributed by atoms with E-state index >= 15 is 0 Å². The minimum atomic E-state index is -1.03. The predicted molar refractivity (Wildman–Crippen MR) is 77.9 cm³/mol. The van der Waals surface area contributed by atoms with E-state index in [-0.39, 0.29) is 5.92 Å². The van der Waals surface area contributed by atoms with Crippen molar-refractivity contribution in [3.8, 4) is 0 Å². The molecule has 6 nitrogen and oxygen atoms in total. The van der Waals surface area contributed by atoms with Crippen LogP contribution in [0.2, 0.25) is 0 Å². The average molecular weight is 287 g/mol. The number of carbonyl (C=O) groups excluding carboxylic acids is 1. The number of pyridine rings is 2. The number of aliphatic carboxylic acids is 1. The molecule has 0 saturated heterocycles. The summed E-state index contributed by atoms with van der Waals surface area (Å²) in [6.07, 6.45) is 5.04. The first-order valence-corrected chi connectivity index (χ1v) is 6.71. The largest absolute Gasteiger partial charge is 0.480 e. The molecule has 0 aliphatic rings. The Labute approximate surface area is 122 Å². The monoisotopic (exact) mass is 287 g/mol. The average Bonchev–Trinajstić information content (AvgIpc) is 2.45.